The van der Waals surface area contributed by atoms with E-state index in [-0.39, 0.29) is 5.06 Å². The number of H-pyrrole nitrogens is 3. The number of hydrogen-bond donors (Lipinski definition) is 4. The Labute approximate surface area is 286 Å². The zero-order valence-electron chi connectivity index (χ0n) is 27.0. The molecule has 10 heterocycles. The van der Waals surface area contributed by atoms with Crippen LogP contribution in [0.4, 0.5) is 0 Å². The predicted molar refractivity (Wildman–Crippen MR) is 197 cm³/mol. The molecule has 0 saturated heterocycles. The number of aliphatic imine (C=N–C) groups is 1. The summed E-state index contributed by atoms with van der Waals surface area (Å²) in [5, 5.41) is 26.9. The third-order valence-electron chi connectivity index (χ3n) is 9.11. The standard InChI is InChI=1S/C20H16N4O2.C20H16N4/c25-23-17-5-7-19(23)12-20-8-6-18(24(20)26)11-16-4-2-14(22-16)9-13-1-3-15(10-17)21-13;1-2-14-10-16-5-6-18(23-16)12-20-8-7-19(24-20)11-17-4-3-15(22-17)9-13(1)21-14/h1-5,7,9-12,22-23H,6,8H2;1-6,9-12,22-23H,7-8H2/b13-9?,14-9-,15-10-,16-11-,17-10?,18-11?,19-12?,20-12-;. The van der Waals surface area contributed by atoms with Crippen molar-refractivity contribution >= 4 is 57.8 Å². The molecule has 0 aliphatic carbocycles. The van der Waals surface area contributed by atoms with Crippen LogP contribution in [0.15, 0.2) is 125 Å². The molecule has 244 valence electrons. The van der Waals surface area contributed by atoms with E-state index < -0.39 is 0 Å². The average molecular weight is 657 g/mol. The summed E-state index contributed by atoms with van der Waals surface area (Å²) in [6.07, 6.45) is 22.0. The molecule has 1 atom stereocenters. The van der Waals surface area contributed by atoms with E-state index in [1.807, 2.05) is 48.6 Å². The molecule has 4 aromatic heterocycles. The summed E-state index contributed by atoms with van der Waals surface area (Å²) < 4.78 is 0.940. The highest BCUT2D eigenvalue weighted by molar-refractivity contribution is 6.19. The minimum absolute atomic E-state index is 0.0730. The molecule has 16 bridgehead atoms. The van der Waals surface area contributed by atoms with Gasteiger partial charge in [0.05, 0.1) is 28.9 Å². The molecule has 50 heavy (non-hydrogen) atoms. The fraction of sp³-hybridized carbons (Fsp3) is 0.100. The molecule has 10 heteroatoms. The number of allylic oxidation sites excluding steroid dienone is 7. The van der Waals surface area contributed by atoms with E-state index >= 15 is 0 Å². The lowest BCUT2D eigenvalue weighted by Crippen LogP contribution is -3.01. The monoisotopic (exact) mass is 656 g/mol. The van der Waals surface area contributed by atoms with Crippen LogP contribution in [0.25, 0.3) is 46.4 Å². The van der Waals surface area contributed by atoms with Crippen molar-refractivity contribution in [2.45, 2.75) is 25.7 Å². The van der Waals surface area contributed by atoms with Crippen LogP contribution in [0.5, 0.6) is 0 Å². The van der Waals surface area contributed by atoms with Crippen LogP contribution in [0.2, 0.25) is 0 Å². The van der Waals surface area contributed by atoms with Gasteiger partial charge >= 0.3 is 0 Å². The maximum absolute atomic E-state index is 12.6. The van der Waals surface area contributed by atoms with Gasteiger partial charge in [0.25, 0.3) is 0 Å². The zero-order valence-corrected chi connectivity index (χ0v) is 27.0. The summed E-state index contributed by atoms with van der Waals surface area (Å²) in [5.41, 5.74) is 12.4. The molecule has 4 N–H and O–H groups in total. The second kappa shape index (κ2) is 12.3. The lowest BCUT2D eigenvalue weighted by Gasteiger charge is -2.19. The molecule has 6 aliphatic rings. The summed E-state index contributed by atoms with van der Waals surface area (Å²) in [7, 11) is 0. The van der Waals surface area contributed by atoms with E-state index in [1.54, 1.807) is 24.3 Å². The van der Waals surface area contributed by atoms with Gasteiger partial charge in [0.15, 0.2) is 11.4 Å². The van der Waals surface area contributed by atoms with Gasteiger partial charge in [0, 0.05) is 81.3 Å². The number of rotatable bonds is 0. The molecule has 4 aromatic rings. The molecule has 10 rings (SSSR count). The molecule has 0 radical (unpaired) electrons. The number of hydroxylamine groups is 3. The lowest BCUT2D eigenvalue weighted by molar-refractivity contribution is -0.752. The van der Waals surface area contributed by atoms with Crippen molar-refractivity contribution in [2.75, 3.05) is 0 Å². The van der Waals surface area contributed by atoms with Crippen molar-refractivity contribution in [2.24, 2.45) is 4.99 Å². The molecule has 0 spiro atoms. The quantitative estimate of drug-likeness (QED) is 0.144. The van der Waals surface area contributed by atoms with Gasteiger partial charge in [-0.15, -0.1) is 0 Å². The maximum Gasteiger partial charge on any atom is 0.199 e. The van der Waals surface area contributed by atoms with Crippen LogP contribution in [0.3, 0.4) is 0 Å². The van der Waals surface area contributed by atoms with Crippen molar-refractivity contribution in [3.63, 3.8) is 0 Å². The molecular formula is C40H32N8O2. The number of hydrogen-bond acceptors (Lipinski definition) is 5. The van der Waals surface area contributed by atoms with Gasteiger partial charge in [-0.05, 0) is 104 Å². The van der Waals surface area contributed by atoms with E-state index in [0.717, 1.165) is 84.5 Å². The summed E-state index contributed by atoms with van der Waals surface area (Å²) in [6.45, 7) is 0. The topological polar surface area (TPSA) is 139 Å². The normalized spacial score (nSPS) is 22.2. The number of aromatic amines is 3. The fourth-order valence-electron chi connectivity index (χ4n) is 6.65. The first-order valence-electron chi connectivity index (χ1n) is 16.7. The Kier molecular flexibility index (Phi) is 7.30. The van der Waals surface area contributed by atoms with Crippen LogP contribution in [0, 0.1) is 10.4 Å². The van der Waals surface area contributed by atoms with Crippen molar-refractivity contribution in [1.82, 2.24) is 24.9 Å². The number of aromatic nitrogens is 5. The first-order chi connectivity index (χ1) is 24.5. The number of fused-ring (bicyclic) bond motifs is 14. The average Bonchev–Trinajstić information content (AvgIpc) is 3.94. The summed E-state index contributed by atoms with van der Waals surface area (Å²) >= 11 is 0. The second-order valence-electron chi connectivity index (χ2n) is 12.8. The highest BCUT2D eigenvalue weighted by atomic mass is 16.5. The van der Waals surface area contributed by atoms with E-state index in [1.165, 1.54) is 0 Å². The summed E-state index contributed by atoms with van der Waals surface area (Å²) in [6, 6.07) is 20.6. The first kappa shape index (κ1) is 29.8. The molecule has 0 aromatic carbocycles. The zero-order chi connectivity index (χ0) is 33.6. The summed E-state index contributed by atoms with van der Waals surface area (Å²) in [5.74, 6) is 0. The summed E-state index contributed by atoms with van der Waals surface area (Å²) in [4.78, 5) is 24.0. The van der Waals surface area contributed by atoms with Crippen LogP contribution in [0.1, 0.15) is 35.6 Å². The molecule has 0 fully saturated rings. The van der Waals surface area contributed by atoms with E-state index in [0.29, 0.717) is 35.6 Å². The molecule has 10 nitrogen and oxygen atoms in total. The van der Waals surface area contributed by atoms with Crippen molar-refractivity contribution in [3.8, 4) is 0 Å². The lowest BCUT2D eigenvalue weighted by atomic mass is 10.2. The molecular weight excluding hydrogens is 624 g/mol. The van der Waals surface area contributed by atoms with Gasteiger partial charge in [-0.3, -0.25) is 4.98 Å². The number of nitrogens with one attached hydrogen (secondary N) is 4. The Morgan fingerprint density at radius 1 is 0.600 bits per heavy atom. The van der Waals surface area contributed by atoms with Crippen LogP contribution >= 0.6 is 0 Å². The van der Waals surface area contributed by atoms with Crippen molar-refractivity contribution in [1.29, 1.82) is 0 Å². The molecule has 0 saturated carbocycles. The van der Waals surface area contributed by atoms with Gasteiger partial charge in [0.1, 0.15) is 11.4 Å². The predicted octanol–water partition coefficient (Wildman–Crippen LogP) is 4.55. The highest BCUT2D eigenvalue weighted by Crippen LogP contribution is 2.20. The van der Waals surface area contributed by atoms with Crippen molar-refractivity contribution in [3.05, 3.63) is 164 Å². The fourth-order valence-corrected chi connectivity index (χ4v) is 6.65. The van der Waals surface area contributed by atoms with E-state index in [9.17, 15) is 10.4 Å². The van der Waals surface area contributed by atoms with Crippen LogP contribution in [-0.2, 0) is 12.8 Å². The van der Waals surface area contributed by atoms with Gasteiger partial charge in [-0.1, -0.05) is 0 Å². The minimum atomic E-state index is -0.0730. The third kappa shape index (κ3) is 6.16. The van der Waals surface area contributed by atoms with Crippen LogP contribution < -0.4 is 15.8 Å². The Bertz CT molecular complexity index is 2550. The smallest absolute Gasteiger partial charge is 0.199 e. The SMILES string of the molecule is C1=Cc2cc3ccc(cc4nc(cc5ccc(cc1n2)[nH]5)CC4)[nH]3.[O-][N+]1=C2/C=c3/cc/c([nH]3)=C/C3=NC(=C\C4=CC=C(/C=C\1CC2)[NH+]4[O-])/C=C3. The second-order valence-corrected chi connectivity index (χ2v) is 12.8. The highest BCUT2D eigenvalue weighted by Gasteiger charge is 2.25. The molecule has 6 aliphatic heterocycles. The Morgan fingerprint density at radius 3 is 1.90 bits per heavy atom. The third-order valence-corrected chi connectivity index (χ3v) is 9.11. The van der Waals surface area contributed by atoms with Gasteiger partial charge in [0.2, 0.25) is 0 Å². The Morgan fingerprint density at radius 2 is 1.22 bits per heavy atom. The van der Waals surface area contributed by atoms with Crippen LogP contribution in [-0.4, -0.2) is 41.1 Å². The largest absolute Gasteiger partial charge is 0.623 e. The number of nitrogens with zero attached hydrogens (tertiary/aromatic N) is 4. The first-order valence-corrected chi connectivity index (χ1v) is 16.7. The van der Waals surface area contributed by atoms with Gasteiger partial charge < -0.3 is 30.4 Å². The maximum atomic E-state index is 12.6. The van der Waals surface area contributed by atoms with E-state index in [4.69, 9.17) is 4.98 Å². The Balaban J connectivity index is 0.000000135. The number of aryl methyl sites for hydroxylation is 2. The van der Waals surface area contributed by atoms with E-state index in [2.05, 4.69) is 73.5 Å². The minimum Gasteiger partial charge on any atom is -0.623 e. The number of quaternary nitrogens is 1. The van der Waals surface area contributed by atoms with Crippen molar-refractivity contribution < 1.29 is 9.80 Å². The Hall–Kier alpha value is -6.36. The molecule has 0 amide bonds. The molecule has 1 unspecified atom stereocenters. The van der Waals surface area contributed by atoms with Gasteiger partial charge in [-0.2, -0.15) is 4.74 Å². The van der Waals surface area contributed by atoms with Gasteiger partial charge in [-0.25, -0.2) is 9.98 Å².